The summed E-state index contributed by atoms with van der Waals surface area (Å²) in [4.78, 5) is 8.36. The smallest absolute Gasteiger partial charge is 0.303 e. The van der Waals surface area contributed by atoms with Gasteiger partial charge in [-0.1, -0.05) is 4.52 Å². The summed E-state index contributed by atoms with van der Waals surface area (Å²) in [5.41, 5.74) is 0. The molecule has 0 rings (SSSR count). The van der Waals surface area contributed by atoms with Gasteiger partial charge in [0, 0.05) is 11.5 Å². The van der Waals surface area contributed by atoms with Crippen molar-refractivity contribution in [3.8, 4) is 0 Å². The average molecular weight is 167 g/mol. The van der Waals surface area contributed by atoms with Crippen LogP contribution in [0.3, 0.4) is 0 Å². The summed E-state index contributed by atoms with van der Waals surface area (Å²) in [6, 6.07) is 0. The van der Waals surface area contributed by atoms with Crippen molar-refractivity contribution < 1.29 is 18.5 Å². The van der Waals surface area contributed by atoms with Crippen molar-refractivity contribution in [2.45, 2.75) is 13.2 Å². The number of hydrogen-bond acceptors (Lipinski definition) is 2. The maximum absolute atomic E-state index is 10.2. The van der Waals surface area contributed by atoms with Gasteiger partial charge in [0.2, 0.25) is 6.23 Å². The highest BCUT2D eigenvalue weighted by Crippen LogP contribution is 2.20. The summed E-state index contributed by atoms with van der Waals surface area (Å²) < 4.78 is 15.3. The van der Waals surface area contributed by atoms with Crippen LogP contribution in [0.15, 0.2) is 0 Å². The largest absolute Gasteiger partial charge is 0.700 e. The SMILES string of the molecule is CC(O[P+](=O)O)[N+](C)(C)C. The molecule has 0 aromatic heterocycles. The normalized spacial score (nSPS) is 16.7. The summed E-state index contributed by atoms with van der Waals surface area (Å²) in [6.07, 6.45) is -0.256. The van der Waals surface area contributed by atoms with E-state index in [0.29, 0.717) is 4.48 Å². The molecule has 0 spiro atoms. The third-order valence-electron chi connectivity index (χ3n) is 1.33. The Bertz CT molecular complexity index is 131. The van der Waals surface area contributed by atoms with Gasteiger partial charge in [-0.25, -0.2) is 0 Å². The van der Waals surface area contributed by atoms with E-state index in [1.165, 1.54) is 0 Å². The van der Waals surface area contributed by atoms with Crippen molar-refractivity contribution in [2.75, 3.05) is 21.1 Å². The minimum atomic E-state index is -2.47. The standard InChI is InChI=1S/C5H13NO3P/c1-5(6(2,3)4)9-10(7)8/h5H,1-4H3/q+1/p+1. The second-order valence-electron chi connectivity index (χ2n) is 3.06. The molecule has 0 heterocycles. The molecule has 0 aromatic rings. The van der Waals surface area contributed by atoms with Crippen molar-refractivity contribution in [2.24, 2.45) is 0 Å². The Morgan fingerprint density at radius 2 is 1.90 bits per heavy atom. The van der Waals surface area contributed by atoms with Crippen molar-refractivity contribution in [1.29, 1.82) is 0 Å². The first-order chi connectivity index (χ1) is 4.34. The van der Waals surface area contributed by atoms with E-state index >= 15 is 0 Å². The molecule has 0 bridgehead atoms. The Morgan fingerprint density at radius 3 is 2.00 bits per heavy atom. The van der Waals surface area contributed by atoms with Crippen LogP contribution >= 0.6 is 8.25 Å². The topological polar surface area (TPSA) is 46.5 Å². The molecule has 0 radical (unpaired) electrons. The van der Waals surface area contributed by atoms with Gasteiger partial charge >= 0.3 is 8.25 Å². The monoisotopic (exact) mass is 167 g/mol. The van der Waals surface area contributed by atoms with Gasteiger partial charge in [0.25, 0.3) is 0 Å². The van der Waals surface area contributed by atoms with E-state index in [4.69, 9.17) is 4.89 Å². The highest BCUT2D eigenvalue weighted by Gasteiger charge is 2.29. The molecule has 1 N–H and O–H groups in total. The van der Waals surface area contributed by atoms with Gasteiger partial charge in [0.15, 0.2) is 0 Å². The Labute approximate surface area is 62.0 Å². The molecule has 10 heavy (non-hydrogen) atoms. The lowest BCUT2D eigenvalue weighted by Crippen LogP contribution is -2.43. The second-order valence-corrected chi connectivity index (χ2v) is 3.75. The highest BCUT2D eigenvalue weighted by molar-refractivity contribution is 7.32. The zero-order chi connectivity index (χ0) is 8.36. The molecule has 0 aromatic carbocycles. The van der Waals surface area contributed by atoms with Crippen LogP contribution in [-0.2, 0) is 9.09 Å². The van der Waals surface area contributed by atoms with Crippen molar-refractivity contribution in [3.05, 3.63) is 0 Å². The van der Waals surface area contributed by atoms with Crippen molar-refractivity contribution >= 4 is 8.25 Å². The van der Waals surface area contributed by atoms with E-state index in [2.05, 4.69) is 4.52 Å². The van der Waals surface area contributed by atoms with Gasteiger partial charge in [-0.2, -0.15) is 0 Å². The summed E-state index contributed by atoms with van der Waals surface area (Å²) >= 11 is 0. The second kappa shape index (κ2) is 3.39. The molecule has 0 saturated carbocycles. The van der Waals surface area contributed by atoms with Crippen LogP contribution in [0, 0.1) is 0 Å². The number of nitrogens with zero attached hydrogens (tertiary/aromatic N) is 1. The Morgan fingerprint density at radius 1 is 1.50 bits per heavy atom. The quantitative estimate of drug-likeness (QED) is 0.382. The minimum Gasteiger partial charge on any atom is -0.303 e. The third kappa shape index (κ3) is 3.90. The van der Waals surface area contributed by atoms with E-state index in [9.17, 15) is 4.57 Å². The molecule has 0 aliphatic rings. The summed E-state index contributed by atoms with van der Waals surface area (Å²) in [6.45, 7) is 1.75. The molecule has 0 fully saturated rings. The van der Waals surface area contributed by atoms with Crippen LogP contribution in [0.4, 0.5) is 0 Å². The Kier molecular flexibility index (Phi) is 3.39. The molecule has 0 amide bonds. The van der Waals surface area contributed by atoms with Crippen LogP contribution in [0.5, 0.6) is 0 Å². The molecule has 0 saturated heterocycles. The fourth-order valence-electron chi connectivity index (χ4n) is 0.272. The van der Waals surface area contributed by atoms with Crippen LogP contribution in [0.25, 0.3) is 0 Å². The number of quaternary nitrogens is 1. The van der Waals surface area contributed by atoms with E-state index in [-0.39, 0.29) is 6.23 Å². The zero-order valence-electron chi connectivity index (χ0n) is 6.74. The van der Waals surface area contributed by atoms with E-state index < -0.39 is 8.25 Å². The first kappa shape index (κ1) is 9.98. The summed E-state index contributed by atoms with van der Waals surface area (Å²) in [5, 5.41) is 0. The minimum absolute atomic E-state index is 0.256. The molecular weight excluding hydrogens is 153 g/mol. The molecule has 60 valence electrons. The third-order valence-corrected chi connectivity index (χ3v) is 1.82. The van der Waals surface area contributed by atoms with Crippen LogP contribution < -0.4 is 0 Å². The molecule has 2 atom stereocenters. The van der Waals surface area contributed by atoms with Crippen LogP contribution in [-0.4, -0.2) is 36.7 Å². The molecule has 0 aliphatic carbocycles. The summed E-state index contributed by atoms with van der Waals surface area (Å²) in [7, 11) is 3.21. The predicted octanol–water partition coefficient (Wildman–Crippen LogP) is 0.705. The lowest BCUT2D eigenvalue weighted by Gasteiger charge is -2.26. The predicted molar refractivity (Wildman–Crippen MR) is 38.4 cm³/mol. The number of rotatable bonds is 3. The average Bonchev–Trinajstić information content (AvgIpc) is 1.60. The first-order valence-corrected chi connectivity index (χ1v) is 4.11. The fraction of sp³-hybridized carbons (Fsp3) is 1.00. The maximum atomic E-state index is 10.2. The van der Waals surface area contributed by atoms with E-state index in [1.54, 1.807) is 6.92 Å². The lowest BCUT2D eigenvalue weighted by molar-refractivity contribution is -0.913. The number of hydrogen-bond donors (Lipinski definition) is 1. The van der Waals surface area contributed by atoms with Crippen molar-refractivity contribution in [1.82, 2.24) is 0 Å². The van der Waals surface area contributed by atoms with Crippen LogP contribution in [0.2, 0.25) is 0 Å². The van der Waals surface area contributed by atoms with Crippen LogP contribution in [0.1, 0.15) is 6.92 Å². The maximum Gasteiger partial charge on any atom is 0.700 e. The van der Waals surface area contributed by atoms with Gasteiger partial charge in [-0.3, -0.25) is 0 Å². The molecule has 5 heteroatoms. The fourth-order valence-corrected chi connectivity index (χ4v) is 0.816. The Balaban J connectivity index is 3.85. The first-order valence-electron chi connectivity index (χ1n) is 2.98. The molecular formula is C5H14NO3P+2. The van der Waals surface area contributed by atoms with Gasteiger partial charge in [-0.15, -0.1) is 4.89 Å². The summed E-state index contributed by atoms with van der Waals surface area (Å²) in [5.74, 6) is 0. The molecule has 2 unspecified atom stereocenters. The zero-order valence-corrected chi connectivity index (χ0v) is 7.63. The van der Waals surface area contributed by atoms with Gasteiger partial charge in [0.1, 0.15) is 0 Å². The van der Waals surface area contributed by atoms with Crippen molar-refractivity contribution in [3.63, 3.8) is 0 Å². The van der Waals surface area contributed by atoms with E-state index in [0.717, 1.165) is 0 Å². The molecule has 0 aliphatic heterocycles. The van der Waals surface area contributed by atoms with Gasteiger partial charge < -0.3 is 4.48 Å². The lowest BCUT2D eigenvalue weighted by atomic mass is 10.5. The molecule has 4 nitrogen and oxygen atoms in total. The van der Waals surface area contributed by atoms with Gasteiger partial charge in [-0.05, 0) is 0 Å². The van der Waals surface area contributed by atoms with E-state index in [1.807, 2.05) is 21.1 Å². The highest BCUT2D eigenvalue weighted by atomic mass is 31.1. The Hall–Kier alpha value is -0.0200. The van der Waals surface area contributed by atoms with Gasteiger partial charge in [0.05, 0.1) is 21.1 Å².